The zero-order chi connectivity index (χ0) is 46.8. The predicted molar refractivity (Wildman–Crippen MR) is 299 cm³/mol. The van der Waals surface area contributed by atoms with Crippen molar-refractivity contribution in [2.45, 2.75) is 0 Å². The first-order chi connectivity index (χ1) is 35.2. The van der Waals surface area contributed by atoms with Crippen molar-refractivity contribution in [3.63, 3.8) is 0 Å². The summed E-state index contributed by atoms with van der Waals surface area (Å²) < 4.78 is 4.80. The van der Waals surface area contributed by atoms with Crippen LogP contribution >= 0.6 is 0 Å². The van der Waals surface area contributed by atoms with Gasteiger partial charge in [0.1, 0.15) is 0 Å². The lowest BCUT2D eigenvalue weighted by molar-refractivity contribution is 1.18. The highest BCUT2D eigenvalue weighted by Crippen LogP contribution is 2.44. The maximum absolute atomic E-state index is 5.05. The van der Waals surface area contributed by atoms with E-state index in [9.17, 15) is 0 Å². The Morgan fingerprint density at radius 1 is 0.268 bits per heavy atom. The van der Waals surface area contributed by atoms with Crippen LogP contribution in [-0.2, 0) is 0 Å². The van der Waals surface area contributed by atoms with E-state index in [2.05, 4.69) is 269 Å². The largest absolute Gasteiger partial charge is 0.309 e. The van der Waals surface area contributed by atoms with Crippen molar-refractivity contribution in [3.05, 3.63) is 267 Å². The second-order valence-corrected chi connectivity index (χ2v) is 18.4. The molecule has 0 atom stereocenters. The van der Waals surface area contributed by atoms with Gasteiger partial charge >= 0.3 is 0 Å². The summed E-state index contributed by atoms with van der Waals surface area (Å²) in [6, 6.07) is 92.6. The fraction of sp³-hybridized carbons (Fsp3) is 0. The van der Waals surface area contributed by atoms with Gasteiger partial charge in [0.25, 0.3) is 0 Å². The highest BCUT2D eigenvalue weighted by molar-refractivity contribution is 6.15. The quantitative estimate of drug-likeness (QED) is 0.142. The first-order valence-corrected chi connectivity index (χ1v) is 24.3. The minimum absolute atomic E-state index is 0.976. The third-order valence-corrected chi connectivity index (χ3v) is 14.3. The molecular formula is C67H44N4. The monoisotopic (exact) mass is 904 g/mol. The van der Waals surface area contributed by atoms with Gasteiger partial charge in [0, 0.05) is 55.8 Å². The summed E-state index contributed by atoms with van der Waals surface area (Å²) in [6.45, 7) is 0. The molecule has 3 aromatic heterocycles. The van der Waals surface area contributed by atoms with Crippen LogP contribution in [0.3, 0.4) is 0 Å². The molecule has 11 aromatic carbocycles. The number of nitrogens with zero attached hydrogens (tertiary/aromatic N) is 4. The first kappa shape index (κ1) is 40.5. The summed E-state index contributed by atoms with van der Waals surface area (Å²) in [5.41, 5.74) is 16.7. The maximum Gasteiger partial charge on any atom is 0.0651 e. The number of hydrogen-bond acceptors (Lipinski definition) is 2. The van der Waals surface area contributed by atoms with Gasteiger partial charge in [0.2, 0.25) is 0 Å². The molecule has 0 unspecified atom stereocenters. The molecule has 0 spiro atoms. The van der Waals surface area contributed by atoms with E-state index >= 15 is 0 Å². The van der Waals surface area contributed by atoms with Crippen LogP contribution in [0.2, 0.25) is 0 Å². The summed E-state index contributed by atoms with van der Waals surface area (Å²) in [6.07, 6.45) is 4.01. The molecule has 71 heavy (non-hydrogen) atoms. The molecule has 0 aliphatic carbocycles. The van der Waals surface area contributed by atoms with E-state index in [0.29, 0.717) is 0 Å². The summed E-state index contributed by atoms with van der Waals surface area (Å²) >= 11 is 0. The summed E-state index contributed by atoms with van der Waals surface area (Å²) in [5.74, 6) is 0. The van der Waals surface area contributed by atoms with Gasteiger partial charge in [-0.25, -0.2) is 0 Å². The summed E-state index contributed by atoms with van der Waals surface area (Å²) in [5, 5.41) is 9.74. The highest BCUT2D eigenvalue weighted by atomic mass is 15.1. The van der Waals surface area contributed by atoms with Crippen LogP contribution in [-0.4, -0.2) is 14.1 Å². The molecule has 4 heteroatoms. The topological polar surface area (TPSA) is 26.0 Å². The molecule has 0 aliphatic rings. The van der Waals surface area contributed by atoms with E-state index in [1.165, 1.54) is 65.2 Å². The third kappa shape index (κ3) is 6.80. The molecule has 0 N–H and O–H groups in total. The fourth-order valence-electron chi connectivity index (χ4n) is 11.1. The van der Waals surface area contributed by atoms with Crippen molar-refractivity contribution >= 4 is 82.2 Å². The molecule has 0 bridgehead atoms. The van der Waals surface area contributed by atoms with Gasteiger partial charge in [-0.15, -0.1) is 0 Å². The number of fused-ring (bicyclic) bond motifs is 9. The number of anilines is 3. The zero-order valence-corrected chi connectivity index (χ0v) is 38.7. The van der Waals surface area contributed by atoms with E-state index < -0.39 is 0 Å². The SMILES string of the molecule is c1ccc(N(c2cncc(-c3cc(-c4ccc5c6ccccc6n(-c6ccccc6)c5c4)cc(-c4ccc5c6ccccc6n(-c6ccccc6)c5c4)c3)c2)c2cc3ccccc3c3ccccc23)cc1. The second kappa shape index (κ2) is 16.6. The van der Waals surface area contributed by atoms with Crippen molar-refractivity contribution in [2.75, 3.05) is 4.90 Å². The Balaban J connectivity index is 0.997. The highest BCUT2D eigenvalue weighted by Gasteiger charge is 2.20. The minimum Gasteiger partial charge on any atom is -0.309 e. The van der Waals surface area contributed by atoms with Crippen LogP contribution in [0.5, 0.6) is 0 Å². The Morgan fingerprint density at radius 3 is 1.30 bits per heavy atom. The Hall–Kier alpha value is -9.51. The average molecular weight is 905 g/mol. The number of para-hydroxylation sites is 5. The number of pyridine rings is 1. The lowest BCUT2D eigenvalue weighted by atomic mass is 9.93. The number of benzene rings is 11. The van der Waals surface area contributed by atoms with Gasteiger partial charge in [-0.2, -0.15) is 0 Å². The smallest absolute Gasteiger partial charge is 0.0651 e. The molecule has 14 rings (SSSR count). The van der Waals surface area contributed by atoms with Crippen molar-refractivity contribution in [1.82, 2.24) is 14.1 Å². The Kier molecular flexibility index (Phi) is 9.49. The van der Waals surface area contributed by atoms with Gasteiger partial charge in [0.05, 0.1) is 39.6 Å². The summed E-state index contributed by atoms with van der Waals surface area (Å²) in [7, 11) is 0. The van der Waals surface area contributed by atoms with Crippen molar-refractivity contribution in [2.24, 2.45) is 0 Å². The van der Waals surface area contributed by atoms with Gasteiger partial charge in [-0.1, -0.05) is 164 Å². The van der Waals surface area contributed by atoms with Crippen LogP contribution in [0.4, 0.5) is 17.1 Å². The molecule has 0 saturated carbocycles. The van der Waals surface area contributed by atoms with Crippen molar-refractivity contribution in [3.8, 4) is 44.8 Å². The molecule has 4 nitrogen and oxygen atoms in total. The zero-order valence-electron chi connectivity index (χ0n) is 38.7. The van der Waals surface area contributed by atoms with E-state index in [1.54, 1.807) is 0 Å². The second-order valence-electron chi connectivity index (χ2n) is 18.4. The van der Waals surface area contributed by atoms with E-state index in [4.69, 9.17) is 4.98 Å². The van der Waals surface area contributed by atoms with Crippen LogP contribution < -0.4 is 4.90 Å². The number of rotatable bonds is 8. The van der Waals surface area contributed by atoms with Crippen molar-refractivity contribution in [1.29, 1.82) is 0 Å². The average Bonchev–Trinajstić information content (AvgIpc) is 3.96. The van der Waals surface area contributed by atoms with E-state index in [-0.39, 0.29) is 0 Å². The number of hydrogen-bond donors (Lipinski definition) is 0. The molecular weight excluding hydrogens is 861 g/mol. The summed E-state index contributed by atoms with van der Waals surface area (Å²) in [4.78, 5) is 7.42. The standard InChI is InChI=1S/C67H44N4/c1-4-19-52(20-5-1)69(65-42-47-18-10-11-25-56(47)57-26-12-13-27-58(57)65)55-39-51(43-68-44-55)50-37-48(45-32-34-61-59-28-14-16-30-63(59)70(66(61)40-45)53-21-6-2-7-22-53)36-49(38-50)46-33-35-62-60-29-15-17-31-64(60)71(67(62)41-46)54-23-8-3-9-24-54/h1-44H. The van der Waals surface area contributed by atoms with Crippen molar-refractivity contribution < 1.29 is 0 Å². The fourth-order valence-corrected chi connectivity index (χ4v) is 11.1. The van der Waals surface area contributed by atoms with Gasteiger partial charge in [-0.3, -0.25) is 4.98 Å². The molecule has 0 radical (unpaired) electrons. The van der Waals surface area contributed by atoms with E-state index in [0.717, 1.165) is 61.8 Å². The molecule has 14 aromatic rings. The van der Waals surface area contributed by atoms with Crippen LogP contribution in [0.25, 0.3) is 110 Å². The minimum atomic E-state index is 0.976. The third-order valence-electron chi connectivity index (χ3n) is 14.3. The Labute approximate surface area is 411 Å². The Morgan fingerprint density at radius 2 is 0.718 bits per heavy atom. The van der Waals surface area contributed by atoms with Crippen LogP contribution in [0, 0.1) is 0 Å². The van der Waals surface area contributed by atoms with Crippen LogP contribution in [0.15, 0.2) is 267 Å². The molecule has 0 amide bonds. The molecule has 3 heterocycles. The molecule has 0 aliphatic heterocycles. The van der Waals surface area contributed by atoms with E-state index in [1.807, 2.05) is 12.4 Å². The lowest BCUT2D eigenvalue weighted by Gasteiger charge is -2.27. The Bertz CT molecular complexity index is 4160. The van der Waals surface area contributed by atoms with Gasteiger partial charge in [-0.05, 0) is 135 Å². The first-order valence-electron chi connectivity index (χ1n) is 24.3. The van der Waals surface area contributed by atoms with Crippen LogP contribution in [0.1, 0.15) is 0 Å². The van der Waals surface area contributed by atoms with Gasteiger partial charge in [0.15, 0.2) is 0 Å². The number of aromatic nitrogens is 3. The normalized spacial score (nSPS) is 11.7. The molecule has 0 saturated heterocycles. The molecule has 332 valence electrons. The maximum atomic E-state index is 5.05. The lowest BCUT2D eigenvalue weighted by Crippen LogP contribution is -2.11. The molecule has 0 fully saturated rings. The predicted octanol–water partition coefficient (Wildman–Crippen LogP) is 18.1. The van der Waals surface area contributed by atoms with Gasteiger partial charge < -0.3 is 14.0 Å².